The summed E-state index contributed by atoms with van der Waals surface area (Å²) < 4.78 is 0. The van der Waals surface area contributed by atoms with E-state index in [1.807, 2.05) is 6.26 Å². The van der Waals surface area contributed by atoms with E-state index in [2.05, 4.69) is 20.7 Å². The quantitative estimate of drug-likeness (QED) is 0.275. The van der Waals surface area contributed by atoms with Gasteiger partial charge in [-0.1, -0.05) is 18.2 Å². The molecule has 18 heavy (non-hydrogen) atoms. The van der Waals surface area contributed by atoms with Crippen LogP contribution in [0, 0.1) is 5.92 Å². The summed E-state index contributed by atoms with van der Waals surface area (Å²) in [5, 5.41) is 13.7. The molecule has 1 fully saturated rings. The molecule has 5 N–H and O–H groups in total. The Labute approximate surface area is 111 Å². The van der Waals surface area contributed by atoms with E-state index in [-0.39, 0.29) is 6.10 Å². The molecule has 2 unspecified atom stereocenters. The molecule has 0 aromatic carbocycles. The smallest absolute Gasteiger partial charge is 0.191 e. The van der Waals surface area contributed by atoms with E-state index in [0.29, 0.717) is 16.9 Å². The molecule has 1 aromatic heterocycles. The van der Waals surface area contributed by atoms with Crippen molar-refractivity contribution in [3.05, 3.63) is 6.07 Å². The second kappa shape index (κ2) is 6.21. The molecule has 0 saturated heterocycles. The topological polar surface area (TPSA) is 96.1 Å². The fourth-order valence-corrected chi connectivity index (χ4v) is 2.55. The zero-order chi connectivity index (χ0) is 13.0. The van der Waals surface area contributed by atoms with Gasteiger partial charge < -0.3 is 15.8 Å². The van der Waals surface area contributed by atoms with Gasteiger partial charge in [0, 0.05) is 18.5 Å². The van der Waals surface area contributed by atoms with Crippen LogP contribution in [0.3, 0.4) is 0 Å². The van der Waals surface area contributed by atoms with Crippen molar-refractivity contribution in [2.75, 3.05) is 23.5 Å². The lowest BCUT2D eigenvalue weighted by atomic mass is 10.1. The molecule has 6 nitrogen and oxygen atoms in total. The number of nitrogen functional groups attached to an aromatic ring is 1. The van der Waals surface area contributed by atoms with Crippen LogP contribution in [-0.2, 0) is 0 Å². The zero-order valence-corrected chi connectivity index (χ0v) is 11.2. The Balaban J connectivity index is 1.99. The molecule has 100 valence electrons. The Morgan fingerprint density at radius 1 is 1.44 bits per heavy atom. The largest absolute Gasteiger partial charge is 0.393 e. The average molecular weight is 269 g/mol. The second-order valence-electron chi connectivity index (χ2n) is 4.41. The van der Waals surface area contributed by atoms with E-state index in [9.17, 15) is 5.11 Å². The summed E-state index contributed by atoms with van der Waals surface area (Å²) in [6.45, 7) is 0.732. The molecule has 7 heteroatoms. The average Bonchev–Trinajstić information content (AvgIpc) is 2.81. The van der Waals surface area contributed by atoms with Crippen molar-refractivity contribution in [2.45, 2.75) is 30.5 Å². The lowest BCUT2D eigenvalue weighted by Gasteiger charge is -2.16. The highest BCUT2D eigenvalue weighted by Gasteiger charge is 2.24. The molecule has 1 aromatic rings. The first kappa shape index (κ1) is 13.4. The number of thioether (sulfide) groups is 1. The standard InChI is InChI=1S/C11H19N5OS/c1-18-11-14-9(5-10(15-11)16-12)13-6-7-3-2-4-8(7)17/h5,7-8,17H,2-4,6,12H2,1H3,(H2,13,14,15,16). The van der Waals surface area contributed by atoms with Gasteiger partial charge in [-0.3, -0.25) is 0 Å². The van der Waals surface area contributed by atoms with Gasteiger partial charge in [-0.15, -0.1) is 0 Å². The number of nitrogens with two attached hydrogens (primary N) is 1. The summed E-state index contributed by atoms with van der Waals surface area (Å²) >= 11 is 1.46. The van der Waals surface area contributed by atoms with E-state index >= 15 is 0 Å². The van der Waals surface area contributed by atoms with Crippen LogP contribution in [0.4, 0.5) is 11.6 Å². The first-order chi connectivity index (χ1) is 8.72. The minimum absolute atomic E-state index is 0.188. The van der Waals surface area contributed by atoms with Gasteiger partial charge in [-0.05, 0) is 19.1 Å². The Bertz CT molecular complexity index is 381. The number of rotatable bonds is 5. The van der Waals surface area contributed by atoms with Crippen LogP contribution in [0.15, 0.2) is 11.2 Å². The second-order valence-corrected chi connectivity index (χ2v) is 5.18. The van der Waals surface area contributed by atoms with Crippen LogP contribution in [0.25, 0.3) is 0 Å². The molecule has 0 amide bonds. The van der Waals surface area contributed by atoms with Gasteiger partial charge in [0.1, 0.15) is 11.6 Å². The number of hydrazine groups is 1. The molecule has 2 rings (SSSR count). The highest BCUT2D eigenvalue weighted by Crippen LogP contribution is 2.26. The molecule has 0 bridgehead atoms. The highest BCUT2D eigenvalue weighted by molar-refractivity contribution is 7.98. The van der Waals surface area contributed by atoms with Crippen LogP contribution in [0.1, 0.15) is 19.3 Å². The number of nitrogens with zero attached hydrogens (tertiary/aromatic N) is 2. The van der Waals surface area contributed by atoms with Gasteiger partial charge in [-0.25, -0.2) is 15.8 Å². The Morgan fingerprint density at radius 3 is 2.83 bits per heavy atom. The summed E-state index contributed by atoms with van der Waals surface area (Å²) in [4.78, 5) is 8.54. The number of aliphatic hydroxyl groups excluding tert-OH is 1. The van der Waals surface area contributed by atoms with E-state index < -0.39 is 0 Å². The molecular weight excluding hydrogens is 250 g/mol. The maximum absolute atomic E-state index is 9.76. The molecule has 1 aliphatic carbocycles. The Kier molecular flexibility index (Phi) is 4.62. The first-order valence-corrected chi connectivity index (χ1v) is 7.27. The van der Waals surface area contributed by atoms with Gasteiger partial charge in [0.2, 0.25) is 0 Å². The number of aliphatic hydroxyl groups is 1. The van der Waals surface area contributed by atoms with Crippen molar-refractivity contribution in [1.29, 1.82) is 0 Å². The number of aromatic nitrogens is 2. The molecular formula is C11H19N5OS. The van der Waals surface area contributed by atoms with Crippen molar-refractivity contribution in [1.82, 2.24) is 9.97 Å². The summed E-state index contributed by atoms with van der Waals surface area (Å²) in [6, 6.07) is 1.76. The Morgan fingerprint density at radius 2 is 2.22 bits per heavy atom. The van der Waals surface area contributed by atoms with Crippen LogP contribution < -0.4 is 16.6 Å². The molecule has 1 saturated carbocycles. The highest BCUT2D eigenvalue weighted by atomic mass is 32.2. The van der Waals surface area contributed by atoms with E-state index in [1.54, 1.807) is 6.07 Å². The van der Waals surface area contributed by atoms with Gasteiger partial charge in [0.15, 0.2) is 5.16 Å². The molecule has 0 radical (unpaired) electrons. The summed E-state index contributed by atoms with van der Waals surface area (Å²) in [5.41, 5.74) is 2.52. The van der Waals surface area contributed by atoms with Crippen molar-refractivity contribution in [3.63, 3.8) is 0 Å². The van der Waals surface area contributed by atoms with Crippen molar-refractivity contribution in [3.8, 4) is 0 Å². The third kappa shape index (κ3) is 3.24. The molecule has 0 spiro atoms. The number of hydrogen-bond donors (Lipinski definition) is 4. The van der Waals surface area contributed by atoms with E-state index in [4.69, 9.17) is 5.84 Å². The van der Waals surface area contributed by atoms with E-state index in [1.165, 1.54) is 11.8 Å². The van der Waals surface area contributed by atoms with Crippen LogP contribution in [0.2, 0.25) is 0 Å². The minimum Gasteiger partial charge on any atom is -0.393 e. The third-order valence-corrected chi connectivity index (χ3v) is 3.75. The fourth-order valence-electron chi connectivity index (χ4n) is 2.17. The lowest BCUT2D eigenvalue weighted by Crippen LogP contribution is -2.22. The summed E-state index contributed by atoms with van der Waals surface area (Å²) in [6.07, 6.45) is 4.80. The normalized spacial score (nSPS) is 23.1. The third-order valence-electron chi connectivity index (χ3n) is 3.20. The van der Waals surface area contributed by atoms with Crippen molar-refractivity contribution in [2.24, 2.45) is 11.8 Å². The molecule has 2 atom stereocenters. The maximum Gasteiger partial charge on any atom is 0.191 e. The monoisotopic (exact) mass is 269 g/mol. The van der Waals surface area contributed by atoms with Gasteiger partial charge >= 0.3 is 0 Å². The predicted molar refractivity (Wildman–Crippen MR) is 73.5 cm³/mol. The molecule has 1 heterocycles. The van der Waals surface area contributed by atoms with Gasteiger partial charge in [0.05, 0.1) is 6.10 Å². The van der Waals surface area contributed by atoms with Gasteiger partial charge in [-0.2, -0.15) is 0 Å². The van der Waals surface area contributed by atoms with Crippen LogP contribution >= 0.6 is 11.8 Å². The number of hydrogen-bond acceptors (Lipinski definition) is 7. The summed E-state index contributed by atoms with van der Waals surface area (Å²) in [7, 11) is 0. The molecule has 1 aliphatic rings. The van der Waals surface area contributed by atoms with Crippen molar-refractivity contribution >= 4 is 23.4 Å². The summed E-state index contributed by atoms with van der Waals surface area (Å²) in [5.74, 6) is 7.00. The maximum atomic E-state index is 9.76. The van der Waals surface area contributed by atoms with Crippen LogP contribution in [-0.4, -0.2) is 34.0 Å². The zero-order valence-electron chi connectivity index (χ0n) is 10.4. The predicted octanol–water partition coefficient (Wildman–Crippen LogP) is 1.06. The van der Waals surface area contributed by atoms with Crippen LogP contribution in [0.5, 0.6) is 0 Å². The SMILES string of the molecule is CSc1nc(NN)cc(NCC2CCCC2O)n1. The lowest BCUT2D eigenvalue weighted by molar-refractivity contribution is 0.138. The van der Waals surface area contributed by atoms with E-state index in [0.717, 1.165) is 31.6 Å². The Hall–Kier alpha value is -1.05. The minimum atomic E-state index is -0.188. The van der Waals surface area contributed by atoms with Gasteiger partial charge in [0.25, 0.3) is 0 Å². The van der Waals surface area contributed by atoms with Crippen molar-refractivity contribution < 1.29 is 5.11 Å². The first-order valence-electron chi connectivity index (χ1n) is 6.04. The number of nitrogens with one attached hydrogen (secondary N) is 2. The fraction of sp³-hybridized carbons (Fsp3) is 0.636. The number of anilines is 2. The molecule has 0 aliphatic heterocycles.